The molecule has 1 nitrogen and oxygen atoms in total. The summed E-state index contributed by atoms with van der Waals surface area (Å²) in [6.45, 7) is 3.96. The molecule has 0 unspecified atom stereocenters. The van der Waals surface area contributed by atoms with Gasteiger partial charge in [-0.3, -0.25) is 4.79 Å². The number of benzene rings is 2. The zero-order chi connectivity index (χ0) is 14.0. The molecule has 0 fully saturated rings. The van der Waals surface area contributed by atoms with Crippen molar-refractivity contribution in [2.45, 2.75) is 20.3 Å². The largest absolute Gasteiger partial charge is 0.294 e. The highest BCUT2D eigenvalue weighted by Crippen LogP contribution is 2.18. The molecule has 0 amide bonds. The lowest BCUT2D eigenvalue weighted by Crippen LogP contribution is -2.04. The van der Waals surface area contributed by atoms with Crippen LogP contribution >= 0.6 is 11.6 Å². The van der Waals surface area contributed by atoms with Crippen LogP contribution in [-0.4, -0.2) is 5.78 Å². The number of hydrogen-bond donors (Lipinski definition) is 0. The first-order valence-electron chi connectivity index (χ1n) is 6.02. The van der Waals surface area contributed by atoms with Crippen LogP contribution in [-0.2, 0) is 6.42 Å². The summed E-state index contributed by atoms with van der Waals surface area (Å²) in [4.78, 5) is 12.1. The highest BCUT2D eigenvalue weighted by Gasteiger charge is 2.09. The molecule has 98 valence electrons. The highest BCUT2D eigenvalue weighted by molar-refractivity contribution is 6.30. The maximum absolute atomic E-state index is 13.3. The van der Waals surface area contributed by atoms with Gasteiger partial charge in [0.05, 0.1) is 5.02 Å². The van der Waals surface area contributed by atoms with E-state index in [0.29, 0.717) is 11.1 Å². The van der Waals surface area contributed by atoms with E-state index in [-0.39, 0.29) is 17.2 Å². The monoisotopic (exact) mass is 276 g/mol. The van der Waals surface area contributed by atoms with Gasteiger partial charge in [0.15, 0.2) is 5.78 Å². The van der Waals surface area contributed by atoms with E-state index >= 15 is 0 Å². The van der Waals surface area contributed by atoms with Crippen LogP contribution in [0.3, 0.4) is 0 Å². The number of ketones is 1. The van der Waals surface area contributed by atoms with Crippen LogP contribution in [0.15, 0.2) is 36.4 Å². The van der Waals surface area contributed by atoms with Crippen LogP contribution in [0.25, 0.3) is 0 Å². The van der Waals surface area contributed by atoms with E-state index in [0.717, 1.165) is 11.1 Å². The van der Waals surface area contributed by atoms with E-state index in [1.165, 1.54) is 12.1 Å². The lowest BCUT2D eigenvalue weighted by Gasteiger charge is -2.05. The zero-order valence-corrected chi connectivity index (χ0v) is 11.6. The molecule has 0 radical (unpaired) electrons. The SMILES string of the molecule is Cc1ccc(C(=O)Cc2ccc(Cl)c(F)c2)cc1C. The van der Waals surface area contributed by atoms with Gasteiger partial charge in [-0.05, 0) is 48.7 Å². The Kier molecular flexibility index (Phi) is 4.01. The summed E-state index contributed by atoms with van der Waals surface area (Å²) >= 11 is 5.61. The first kappa shape index (κ1) is 13.8. The van der Waals surface area contributed by atoms with Gasteiger partial charge in [-0.1, -0.05) is 29.8 Å². The summed E-state index contributed by atoms with van der Waals surface area (Å²) in [6, 6.07) is 10.0. The van der Waals surface area contributed by atoms with Gasteiger partial charge in [0, 0.05) is 12.0 Å². The third kappa shape index (κ3) is 3.21. The quantitative estimate of drug-likeness (QED) is 0.753. The molecule has 0 saturated carbocycles. The molecule has 0 heterocycles. The van der Waals surface area contributed by atoms with Crippen molar-refractivity contribution in [3.05, 3.63) is 69.5 Å². The molecule has 0 aliphatic rings. The van der Waals surface area contributed by atoms with Crippen molar-refractivity contribution in [1.29, 1.82) is 0 Å². The van der Waals surface area contributed by atoms with Crippen LogP contribution in [0.5, 0.6) is 0 Å². The van der Waals surface area contributed by atoms with Gasteiger partial charge in [-0.15, -0.1) is 0 Å². The first-order chi connectivity index (χ1) is 8.97. The number of aryl methyl sites for hydroxylation is 2. The van der Waals surface area contributed by atoms with Gasteiger partial charge >= 0.3 is 0 Å². The fraction of sp³-hybridized carbons (Fsp3) is 0.188. The van der Waals surface area contributed by atoms with Crippen LogP contribution in [0.2, 0.25) is 5.02 Å². The second-order valence-corrected chi connectivity index (χ2v) is 5.05. The molecule has 0 saturated heterocycles. The predicted molar refractivity (Wildman–Crippen MR) is 75.4 cm³/mol. The first-order valence-corrected chi connectivity index (χ1v) is 6.39. The number of carbonyl (C=O) groups is 1. The fourth-order valence-electron chi connectivity index (χ4n) is 1.85. The third-order valence-corrected chi connectivity index (χ3v) is 3.48. The molecule has 0 aliphatic heterocycles. The van der Waals surface area contributed by atoms with Gasteiger partial charge < -0.3 is 0 Å². The van der Waals surface area contributed by atoms with E-state index in [2.05, 4.69) is 0 Å². The second kappa shape index (κ2) is 5.54. The van der Waals surface area contributed by atoms with Crippen molar-refractivity contribution in [2.24, 2.45) is 0 Å². The Balaban J connectivity index is 2.20. The number of hydrogen-bond acceptors (Lipinski definition) is 1. The molecule has 0 atom stereocenters. The molecular weight excluding hydrogens is 263 g/mol. The smallest absolute Gasteiger partial charge is 0.167 e. The number of halogens is 2. The normalized spacial score (nSPS) is 10.5. The molecular formula is C16H14ClFO. The average Bonchev–Trinajstić information content (AvgIpc) is 2.37. The van der Waals surface area contributed by atoms with Gasteiger partial charge in [-0.2, -0.15) is 0 Å². The Hall–Kier alpha value is -1.67. The summed E-state index contributed by atoms with van der Waals surface area (Å²) in [5.74, 6) is -0.517. The van der Waals surface area contributed by atoms with Crippen molar-refractivity contribution in [3.8, 4) is 0 Å². The summed E-state index contributed by atoms with van der Waals surface area (Å²) in [7, 11) is 0. The number of rotatable bonds is 3. The Morgan fingerprint density at radius 1 is 1.11 bits per heavy atom. The Morgan fingerprint density at radius 2 is 1.84 bits per heavy atom. The van der Waals surface area contributed by atoms with E-state index < -0.39 is 5.82 Å². The lowest BCUT2D eigenvalue weighted by molar-refractivity contribution is 0.0993. The molecule has 0 bridgehead atoms. The number of carbonyl (C=O) groups excluding carboxylic acids is 1. The fourth-order valence-corrected chi connectivity index (χ4v) is 1.97. The standard InChI is InChI=1S/C16H14ClFO/c1-10-3-5-13(7-11(10)2)16(19)9-12-4-6-14(17)15(18)8-12/h3-8H,9H2,1-2H3. The molecule has 0 N–H and O–H groups in total. The molecule has 2 rings (SSSR count). The van der Waals surface area contributed by atoms with Gasteiger partial charge in [0.25, 0.3) is 0 Å². The topological polar surface area (TPSA) is 17.1 Å². The van der Waals surface area contributed by atoms with Crippen molar-refractivity contribution >= 4 is 17.4 Å². The van der Waals surface area contributed by atoms with Gasteiger partial charge in [0.2, 0.25) is 0 Å². The van der Waals surface area contributed by atoms with Gasteiger partial charge in [0.1, 0.15) is 5.82 Å². The van der Waals surface area contributed by atoms with Crippen LogP contribution < -0.4 is 0 Å². The van der Waals surface area contributed by atoms with Crippen molar-refractivity contribution in [2.75, 3.05) is 0 Å². The Labute approximate surface area is 117 Å². The van der Waals surface area contributed by atoms with Crippen molar-refractivity contribution in [1.82, 2.24) is 0 Å². The molecule has 0 spiro atoms. The van der Waals surface area contributed by atoms with Crippen molar-refractivity contribution in [3.63, 3.8) is 0 Å². The van der Waals surface area contributed by atoms with Crippen LogP contribution in [0, 0.1) is 19.7 Å². The molecule has 19 heavy (non-hydrogen) atoms. The minimum atomic E-state index is -0.493. The summed E-state index contributed by atoms with van der Waals surface area (Å²) in [5, 5.41) is 0.0716. The molecule has 3 heteroatoms. The average molecular weight is 277 g/mol. The van der Waals surface area contributed by atoms with Gasteiger partial charge in [-0.25, -0.2) is 4.39 Å². The van der Waals surface area contributed by atoms with E-state index in [1.807, 2.05) is 26.0 Å². The lowest BCUT2D eigenvalue weighted by atomic mass is 9.99. The molecule has 0 aromatic heterocycles. The minimum absolute atomic E-state index is 0.0233. The molecule has 2 aromatic rings. The van der Waals surface area contributed by atoms with E-state index in [4.69, 9.17) is 11.6 Å². The third-order valence-electron chi connectivity index (χ3n) is 3.18. The summed E-state index contributed by atoms with van der Waals surface area (Å²) in [6.07, 6.45) is 0.177. The van der Waals surface area contributed by atoms with Crippen LogP contribution in [0.1, 0.15) is 27.0 Å². The van der Waals surface area contributed by atoms with Crippen molar-refractivity contribution < 1.29 is 9.18 Å². The summed E-state index contributed by atoms with van der Waals surface area (Å²) in [5.41, 5.74) is 3.51. The van der Waals surface area contributed by atoms with Crippen LogP contribution in [0.4, 0.5) is 4.39 Å². The zero-order valence-electron chi connectivity index (χ0n) is 10.8. The Bertz CT molecular complexity index is 635. The van der Waals surface area contributed by atoms with E-state index in [9.17, 15) is 9.18 Å². The highest BCUT2D eigenvalue weighted by atomic mass is 35.5. The Morgan fingerprint density at radius 3 is 2.47 bits per heavy atom. The maximum Gasteiger partial charge on any atom is 0.167 e. The number of Topliss-reactive ketones (excluding diaryl/α,β-unsaturated/α-hetero) is 1. The predicted octanol–water partition coefficient (Wildman–Crippen LogP) is 4.52. The molecule has 2 aromatic carbocycles. The molecule has 0 aliphatic carbocycles. The summed E-state index contributed by atoms with van der Waals surface area (Å²) < 4.78 is 13.3. The second-order valence-electron chi connectivity index (χ2n) is 4.65. The van der Waals surface area contributed by atoms with E-state index in [1.54, 1.807) is 12.1 Å². The maximum atomic E-state index is 13.3. The minimum Gasteiger partial charge on any atom is -0.294 e.